The number of nitrogens with one attached hydrogen (secondary N) is 1. The molecule has 6 heteroatoms. The van der Waals surface area contributed by atoms with Gasteiger partial charge in [-0.1, -0.05) is 418 Å². The molecule has 87 heavy (non-hydrogen) atoms. The number of carbonyl (C=O) groups excluding carboxylic acids is 2. The summed E-state index contributed by atoms with van der Waals surface area (Å²) >= 11 is 0. The van der Waals surface area contributed by atoms with Crippen molar-refractivity contribution in [2.45, 2.75) is 482 Å². The van der Waals surface area contributed by atoms with Crippen LogP contribution in [0.4, 0.5) is 0 Å². The summed E-state index contributed by atoms with van der Waals surface area (Å²) in [6.07, 6.45) is 97.6. The Kier molecular flexibility index (Phi) is 75.8. The van der Waals surface area contributed by atoms with Crippen molar-refractivity contribution < 1.29 is 24.5 Å². The van der Waals surface area contributed by atoms with E-state index in [1.54, 1.807) is 0 Å². The van der Waals surface area contributed by atoms with Gasteiger partial charge in [0.15, 0.2) is 0 Å². The molecule has 0 aromatic rings. The Morgan fingerprint density at radius 2 is 0.540 bits per heavy atom. The van der Waals surface area contributed by atoms with E-state index in [-0.39, 0.29) is 18.5 Å². The number of unbranched alkanes of at least 4 members (excludes halogenated alkanes) is 64. The van der Waals surface area contributed by atoms with Crippen molar-refractivity contribution in [3.8, 4) is 0 Å². The van der Waals surface area contributed by atoms with E-state index in [0.717, 1.165) is 44.9 Å². The summed E-state index contributed by atoms with van der Waals surface area (Å²) in [5.41, 5.74) is 0. The van der Waals surface area contributed by atoms with Gasteiger partial charge in [0.05, 0.1) is 25.4 Å². The molecule has 0 heterocycles. The minimum absolute atomic E-state index is 0.0178. The third kappa shape index (κ3) is 73.5. The second-order valence-electron chi connectivity index (χ2n) is 28.1. The fraction of sp³-hybridized carbons (Fsp3) is 0.951. The normalized spacial score (nSPS) is 12.5. The van der Waals surface area contributed by atoms with Crippen LogP contribution in [0, 0.1) is 0 Å². The summed E-state index contributed by atoms with van der Waals surface area (Å²) < 4.78 is 5.51. The van der Waals surface area contributed by atoms with Crippen molar-refractivity contribution in [1.29, 1.82) is 0 Å². The highest BCUT2D eigenvalue weighted by Gasteiger charge is 2.20. The topological polar surface area (TPSA) is 95.9 Å². The second-order valence-corrected chi connectivity index (χ2v) is 28.1. The largest absolute Gasteiger partial charge is 0.466 e. The first kappa shape index (κ1) is 85.6. The average Bonchev–Trinajstić information content (AvgIpc) is 3.56. The minimum Gasteiger partial charge on any atom is -0.466 e. The number of allylic oxidation sites excluding steroid dienone is 2. The van der Waals surface area contributed by atoms with E-state index in [2.05, 4.69) is 31.3 Å². The highest BCUT2D eigenvalue weighted by Crippen LogP contribution is 2.21. The molecule has 0 rings (SSSR count). The maximum absolute atomic E-state index is 12.5. The standard InChI is InChI=1S/C81H159NO5/c1-3-5-7-9-11-13-15-17-19-47-51-55-59-63-67-71-75-81(86)87-76-72-68-64-60-56-52-48-44-42-40-38-36-34-32-30-28-26-24-22-20-21-23-25-27-29-31-33-35-37-39-41-43-46-50-54-58-62-66-70-74-80(85)82-78(77-83)79(84)73-69-65-61-57-53-49-45-18-16-14-12-10-8-6-4-2/h19,47,78-79,83-84H,3-18,20-46,48-77H2,1-2H3,(H,82,85)/b47-19-. The van der Waals surface area contributed by atoms with E-state index < -0.39 is 12.1 Å². The van der Waals surface area contributed by atoms with E-state index >= 15 is 0 Å². The number of carbonyl (C=O) groups is 2. The molecule has 0 saturated carbocycles. The summed E-state index contributed by atoms with van der Waals surface area (Å²) in [5.74, 6) is -0.00709. The first-order chi connectivity index (χ1) is 43.0. The highest BCUT2D eigenvalue weighted by atomic mass is 16.5. The average molecular weight is 1230 g/mol. The highest BCUT2D eigenvalue weighted by molar-refractivity contribution is 5.76. The SMILES string of the molecule is CCCCCCCCC/C=C\CCCCCCCC(=O)OCCCCCCCCCCCCCCCCCCCCCCCCCCCCCCCCCCCCCCCCCC(=O)NC(CO)C(O)CCCCCCCCCCCCCCCCC. The van der Waals surface area contributed by atoms with Gasteiger partial charge < -0.3 is 20.3 Å². The fourth-order valence-corrected chi connectivity index (χ4v) is 13.2. The Morgan fingerprint density at radius 3 is 0.816 bits per heavy atom. The lowest BCUT2D eigenvalue weighted by Gasteiger charge is -2.22. The number of aliphatic hydroxyl groups excluding tert-OH is 2. The monoisotopic (exact) mass is 1230 g/mol. The number of rotatable bonds is 77. The van der Waals surface area contributed by atoms with E-state index in [1.165, 1.54) is 392 Å². The van der Waals surface area contributed by atoms with Crippen LogP contribution in [0.2, 0.25) is 0 Å². The molecule has 1 amide bonds. The third-order valence-corrected chi connectivity index (χ3v) is 19.3. The lowest BCUT2D eigenvalue weighted by atomic mass is 10.0. The van der Waals surface area contributed by atoms with Crippen molar-refractivity contribution in [3.63, 3.8) is 0 Å². The van der Waals surface area contributed by atoms with Crippen LogP contribution in [0.15, 0.2) is 12.2 Å². The lowest BCUT2D eigenvalue weighted by Crippen LogP contribution is -2.45. The van der Waals surface area contributed by atoms with Crippen LogP contribution in [0.3, 0.4) is 0 Å². The molecule has 0 aliphatic heterocycles. The van der Waals surface area contributed by atoms with Crippen LogP contribution in [0.5, 0.6) is 0 Å². The number of hydrogen-bond donors (Lipinski definition) is 3. The lowest BCUT2D eigenvalue weighted by molar-refractivity contribution is -0.143. The molecular weight excluding hydrogens is 1070 g/mol. The summed E-state index contributed by atoms with van der Waals surface area (Å²) in [5, 5.41) is 23.4. The molecular formula is C81H159NO5. The summed E-state index contributed by atoms with van der Waals surface area (Å²) in [7, 11) is 0. The number of ether oxygens (including phenoxy) is 1. The van der Waals surface area contributed by atoms with Crippen LogP contribution in [0.1, 0.15) is 470 Å². The molecule has 518 valence electrons. The van der Waals surface area contributed by atoms with Gasteiger partial charge in [-0.25, -0.2) is 0 Å². The minimum atomic E-state index is -0.659. The maximum Gasteiger partial charge on any atom is 0.305 e. The molecule has 0 saturated heterocycles. The van der Waals surface area contributed by atoms with Gasteiger partial charge in [-0.05, 0) is 51.4 Å². The molecule has 0 radical (unpaired) electrons. The van der Waals surface area contributed by atoms with Gasteiger partial charge in [0.1, 0.15) is 0 Å². The quantitative estimate of drug-likeness (QED) is 0.0320. The maximum atomic E-state index is 12.5. The van der Waals surface area contributed by atoms with Crippen molar-refractivity contribution in [2.75, 3.05) is 13.2 Å². The number of esters is 1. The third-order valence-electron chi connectivity index (χ3n) is 19.3. The second kappa shape index (κ2) is 77.1. The molecule has 6 nitrogen and oxygen atoms in total. The van der Waals surface area contributed by atoms with Crippen LogP contribution in [-0.4, -0.2) is 47.4 Å². The molecule has 0 spiro atoms. The Balaban J connectivity index is 3.28. The zero-order valence-electron chi connectivity index (χ0n) is 59.5. The Labute approximate surface area is 546 Å². The van der Waals surface area contributed by atoms with Crippen LogP contribution in [-0.2, 0) is 14.3 Å². The molecule has 0 aromatic heterocycles. The van der Waals surface area contributed by atoms with Crippen molar-refractivity contribution in [2.24, 2.45) is 0 Å². The van der Waals surface area contributed by atoms with Gasteiger partial charge in [-0.15, -0.1) is 0 Å². The Bertz CT molecular complexity index is 1320. The molecule has 2 atom stereocenters. The smallest absolute Gasteiger partial charge is 0.305 e. The molecule has 0 fully saturated rings. The zero-order valence-corrected chi connectivity index (χ0v) is 59.5. The van der Waals surface area contributed by atoms with Crippen molar-refractivity contribution in [1.82, 2.24) is 5.32 Å². The predicted octanol–water partition coefficient (Wildman–Crippen LogP) is 26.7. The molecule has 0 bridgehead atoms. The van der Waals surface area contributed by atoms with Crippen LogP contribution < -0.4 is 5.32 Å². The van der Waals surface area contributed by atoms with Gasteiger partial charge >= 0.3 is 5.97 Å². The zero-order chi connectivity index (χ0) is 62.8. The predicted molar refractivity (Wildman–Crippen MR) is 384 cm³/mol. The van der Waals surface area contributed by atoms with Gasteiger partial charge in [0.2, 0.25) is 5.91 Å². The van der Waals surface area contributed by atoms with Crippen molar-refractivity contribution >= 4 is 11.9 Å². The van der Waals surface area contributed by atoms with Gasteiger partial charge in [-0.3, -0.25) is 9.59 Å². The van der Waals surface area contributed by atoms with E-state index in [9.17, 15) is 19.8 Å². The van der Waals surface area contributed by atoms with Gasteiger partial charge in [0.25, 0.3) is 0 Å². The van der Waals surface area contributed by atoms with Gasteiger partial charge in [-0.2, -0.15) is 0 Å². The van der Waals surface area contributed by atoms with E-state index in [0.29, 0.717) is 25.9 Å². The molecule has 3 N–H and O–H groups in total. The Morgan fingerprint density at radius 1 is 0.310 bits per heavy atom. The summed E-state index contributed by atoms with van der Waals surface area (Å²) in [4.78, 5) is 24.6. The number of aliphatic hydroxyl groups is 2. The van der Waals surface area contributed by atoms with E-state index in [4.69, 9.17) is 4.74 Å². The molecule has 0 aromatic carbocycles. The number of hydrogen-bond acceptors (Lipinski definition) is 5. The van der Waals surface area contributed by atoms with Gasteiger partial charge in [0, 0.05) is 12.8 Å². The summed E-state index contributed by atoms with van der Waals surface area (Å²) in [6, 6.07) is -0.536. The number of amides is 1. The van der Waals surface area contributed by atoms with Crippen molar-refractivity contribution in [3.05, 3.63) is 12.2 Å². The van der Waals surface area contributed by atoms with E-state index in [1.807, 2.05) is 0 Å². The molecule has 0 aliphatic carbocycles. The van der Waals surface area contributed by atoms with Crippen LogP contribution >= 0.6 is 0 Å². The van der Waals surface area contributed by atoms with Crippen LogP contribution in [0.25, 0.3) is 0 Å². The molecule has 2 unspecified atom stereocenters. The Hall–Kier alpha value is -1.40. The molecule has 0 aliphatic rings. The summed E-state index contributed by atoms with van der Waals surface area (Å²) in [6.45, 7) is 5.00. The first-order valence-electron chi connectivity index (χ1n) is 40.4. The fourth-order valence-electron chi connectivity index (χ4n) is 13.2. The first-order valence-corrected chi connectivity index (χ1v) is 40.4.